The van der Waals surface area contributed by atoms with Crippen LogP contribution in [0.1, 0.15) is 0 Å². The van der Waals surface area contributed by atoms with E-state index in [-0.39, 0.29) is 0 Å². The van der Waals surface area contributed by atoms with Crippen molar-refractivity contribution in [2.24, 2.45) is 0 Å². The van der Waals surface area contributed by atoms with Crippen LogP contribution in [0.3, 0.4) is 0 Å². The van der Waals surface area contributed by atoms with Gasteiger partial charge in [0.2, 0.25) is 0 Å². The summed E-state index contributed by atoms with van der Waals surface area (Å²) in [7, 11) is 0. The van der Waals surface area contributed by atoms with Crippen molar-refractivity contribution in [1.82, 2.24) is 4.57 Å². The van der Waals surface area contributed by atoms with Gasteiger partial charge >= 0.3 is 0 Å². The second-order valence-electron chi connectivity index (χ2n) is 17.2. The van der Waals surface area contributed by atoms with E-state index in [2.05, 4.69) is 264 Å². The number of para-hydroxylation sites is 3. The molecule has 0 amide bonds. The van der Waals surface area contributed by atoms with Crippen LogP contribution in [0.4, 0.5) is 17.1 Å². The fourth-order valence-electron chi connectivity index (χ4n) is 10.3. The van der Waals surface area contributed by atoms with Gasteiger partial charge < -0.3 is 9.47 Å². The highest BCUT2D eigenvalue weighted by molar-refractivity contribution is 7.26. The first-order chi connectivity index (χ1) is 33.2. The lowest BCUT2D eigenvalue weighted by atomic mass is 9.90. The van der Waals surface area contributed by atoms with Gasteiger partial charge in [-0.1, -0.05) is 188 Å². The van der Waals surface area contributed by atoms with E-state index in [0.29, 0.717) is 0 Å². The molecule has 3 heteroatoms. The van der Waals surface area contributed by atoms with Crippen LogP contribution in [0.25, 0.3) is 103 Å². The minimum atomic E-state index is 1.08. The van der Waals surface area contributed by atoms with E-state index >= 15 is 0 Å². The van der Waals surface area contributed by atoms with Crippen molar-refractivity contribution < 1.29 is 0 Å². The SMILES string of the molecule is c1ccc(-c2cccc3cccc(-c4ccccc4N(c4ccc(-c5ccc6c(c5)c5ccccc5n6-c5ccccc5)cc4)c4cccc(-c5cccc6c5sc5ccccc56)c4)c23)cc1. The first kappa shape index (κ1) is 38.9. The van der Waals surface area contributed by atoms with E-state index in [1.54, 1.807) is 0 Å². The molecule has 0 fully saturated rings. The van der Waals surface area contributed by atoms with Gasteiger partial charge in [0.05, 0.1) is 16.7 Å². The summed E-state index contributed by atoms with van der Waals surface area (Å²) in [5, 5.41) is 7.56. The van der Waals surface area contributed by atoms with Crippen molar-refractivity contribution >= 4 is 81.1 Å². The number of nitrogens with zero attached hydrogens (tertiary/aromatic N) is 2. The molecule has 0 N–H and O–H groups in total. The largest absolute Gasteiger partial charge is 0.310 e. The molecule has 0 aliphatic rings. The Bertz CT molecular complexity index is 3970. The Labute approximate surface area is 393 Å². The smallest absolute Gasteiger partial charge is 0.0541 e. The second-order valence-corrected chi connectivity index (χ2v) is 18.3. The molecule has 0 atom stereocenters. The topological polar surface area (TPSA) is 8.17 Å². The zero-order valence-corrected chi connectivity index (χ0v) is 37.4. The number of thiophene rings is 1. The van der Waals surface area contributed by atoms with Crippen molar-refractivity contribution in [1.29, 1.82) is 0 Å². The molecule has 0 aliphatic heterocycles. The maximum atomic E-state index is 2.45. The fourth-order valence-corrected chi connectivity index (χ4v) is 11.6. The van der Waals surface area contributed by atoms with Gasteiger partial charge in [0.1, 0.15) is 0 Å². The summed E-state index contributed by atoms with van der Waals surface area (Å²) < 4.78 is 4.99. The Balaban J connectivity index is 0.985. The highest BCUT2D eigenvalue weighted by atomic mass is 32.1. The van der Waals surface area contributed by atoms with E-state index in [1.807, 2.05) is 11.3 Å². The van der Waals surface area contributed by atoms with Gasteiger partial charge in [0.25, 0.3) is 0 Å². The third kappa shape index (κ3) is 6.63. The Kier molecular flexibility index (Phi) is 9.40. The van der Waals surface area contributed by atoms with Gasteiger partial charge in [-0.15, -0.1) is 11.3 Å². The zero-order chi connectivity index (χ0) is 44.3. The van der Waals surface area contributed by atoms with Crippen molar-refractivity contribution in [3.63, 3.8) is 0 Å². The first-order valence-corrected chi connectivity index (χ1v) is 23.7. The molecular weight excluding hydrogens is 829 g/mol. The molecule has 2 aromatic heterocycles. The summed E-state index contributed by atoms with van der Waals surface area (Å²) in [5.74, 6) is 0. The van der Waals surface area contributed by atoms with Crippen molar-refractivity contribution in [3.05, 3.63) is 255 Å². The minimum Gasteiger partial charge on any atom is -0.310 e. The standard InChI is InChI=1S/C64H42N2S/c1-3-17-44(18-4-1)51-28-14-19-45-20-15-30-56(63(45)51)53-25-7-10-32-59(53)65(50-24-13-21-47(41-50)52-29-16-31-57-55-27-9-12-34-62(55)67-64(52)57)49-38-35-43(36-39-49)46-37-40-61-58(42-46)54-26-8-11-33-60(54)66(61)48-22-5-2-6-23-48/h1-42H. The van der Waals surface area contributed by atoms with Gasteiger partial charge in [-0.05, 0) is 116 Å². The molecule has 13 rings (SSSR count). The van der Waals surface area contributed by atoms with E-state index < -0.39 is 0 Å². The lowest BCUT2D eigenvalue weighted by Crippen LogP contribution is -2.11. The second kappa shape index (κ2) is 16.2. The predicted octanol–water partition coefficient (Wildman–Crippen LogP) is 18.4. The molecule has 314 valence electrons. The van der Waals surface area contributed by atoms with Crippen LogP contribution in [-0.2, 0) is 0 Å². The van der Waals surface area contributed by atoms with Crippen molar-refractivity contribution in [3.8, 4) is 50.2 Å². The van der Waals surface area contributed by atoms with E-state index in [1.165, 1.54) is 91.7 Å². The molecule has 0 bridgehead atoms. The van der Waals surface area contributed by atoms with Gasteiger partial charge in [-0.2, -0.15) is 0 Å². The van der Waals surface area contributed by atoms with Crippen LogP contribution >= 0.6 is 11.3 Å². The van der Waals surface area contributed by atoms with E-state index in [0.717, 1.165) is 28.3 Å². The maximum absolute atomic E-state index is 2.45. The highest BCUT2D eigenvalue weighted by Gasteiger charge is 2.21. The third-order valence-corrected chi connectivity index (χ3v) is 14.6. The normalized spacial score (nSPS) is 11.6. The maximum Gasteiger partial charge on any atom is 0.0541 e. The van der Waals surface area contributed by atoms with Crippen LogP contribution in [-0.4, -0.2) is 4.57 Å². The van der Waals surface area contributed by atoms with Crippen LogP contribution < -0.4 is 4.90 Å². The molecule has 0 spiro atoms. The number of anilines is 3. The highest BCUT2D eigenvalue weighted by Crippen LogP contribution is 2.47. The molecule has 2 heterocycles. The summed E-state index contributed by atoms with van der Waals surface area (Å²) in [4.78, 5) is 2.45. The molecular formula is C64H42N2S. The Hall–Kier alpha value is -8.50. The van der Waals surface area contributed by atoms with Crippen LogP contribution in [0.15, 0.2) is 255 Å². The van der Waals surface area contributed by atoms with Gasteiger partial charge in [0.15, 0.2) is 0 Å². The van der Waals surface area contributed by atoms with Crippen molar-refractivity contribution in [2.45, 2.75) is 0 Å². The lowest BCUT2D eigenvalue weighted by Gasteiger charge is -2.29. The Morgan fingerprint density at radius 2 is 0.940 bits per heavy atom. The monoisotopic (exact) mass is 870 g/mol. The molecule has 0 saturated carbocycles. The van der Waals surface area contributed by atoms with E-state index in [4.69, 9.17) is 0 Å². The van der Waals surface area contributed by atoms with E-state index in [9.17, 15) is 0 Å². The molecule has 2 nitrogen and oxygen atoms in total. The van der Waals surface area contributed by atoms with Crippen molar-refractivity contribution in [2.75, 3.05) is 4.90 Å². The summed E-state index contributed by atoms with van der Waals surface area (Å²) in [6, 6.07) is 93.2. The first-order valence-electron chi connectivity index (χ1n) is 22.9. The van der Waals surface area contributed by atoms with Crippen LogP contribution in [0, 0.1) is 0 Å². The van der Waals surface area contributed by atoms with Gasteiger partial charge in [-0.3, -0.25) is 0 Å². The summed E-state index contributed by atoms with van der Waals surface area (Å²) >= 11 is 1.88. The molecule has 0 saturated heterocycles. The van der Waals surface area contributed by atoms with Gasteiger partial charge in [-0.25, -0.2) is 0 Å². The molecule has 13 aromatic rings. The quantitative estimate of drug-likeness (QED) is 0.148. The van der Waals surface area contributed by atoms with Gasteiger partial charge in [0, 0.05) is 53.6 Å². The number of aromatic nitrogens is 1. The lowest BCUT2D eigenvalue weighted by molar-refractivity contribution is 1.18. The molecule has 67 heavy (non-hydrogen) atoms. The van der Waals surface area contributed by atoms with Crippen LogP contribution in [0.2, 0.25) is 0 Å². The molecule has 0 aliphatic carbocycles. The summed E-state index contributed by atoms with van der Waals surface area (Å²) in [6.45, 7) is 0. The number of rotatable bonds is 8. The molecule has 11 aromatic carbocycles. The Morgan fingerprint density at radius 3 is 1.79 bits per heavy atom. The predicted molar refractivity (Wildman–Crippen MR) is 288 cm³/mol. The summed E-state index contributed by atoms with van der Waals surface area (Å²) in [5.41, 5.74) is 16.4. The third-order valence-electron chi connectivity index (χ3n) is 13.4. The minimum absolute atomic E-state index is 1.08. The van der Waals surface area contributed by atoms with Crippen LogP contribution in [0.5, 0.6) is 0 Å². The average molecular weight is 871 g/mol. The summed E-state index contributed by atoms with van der Waals surface area (Å²) in [6.07, 6.45) is 0. The average Bonchev–Trinajstić information content (AvgIpc) is 3.95. The number of hydrogen-bond acceptors (Lipinski definition) is 2. The number of benzene rings is 11. The number of hydrogen-bond donors (Lipinski definition) is 0. The Morgan fingerprint density at radius 1 is 0.328 bits per heavy atom. The fraction of sp³-hybridized carbons (Fsp3) is 0. The zero-order valence-electron chi connectivity index (χ0n) is 36.6. The number of fused-ring (bicyclic) bond motifs is 7. The molecule has 0 unspecified atom stereocenters. The molecule has 0 radical (unpaired) electrons.